The molecule has 0 spiro atoms. The zero-order valence-corrected chi connectivity index (χ0v) is 15.3. The number of hydrogen-bond donors (Lipinski definition) is 2. The molecule has 1 aliphatic heterocycles. The quantitative estimate of drug-likeness (QED) is 0.781. The number of benzene rings is 1. The largest absolute Gasteiger partial charge is 0.439 e. The van der Waals surface area contributed by atoms with Crippen LogP contribution >= 0.6 is 0 Å². The van der Waals surface area contributed by atoms with Crippen molar-refractivity contribution in [1.82, 2.24) is 15.6 Å². The highest BCUT2D eigenvalue weighted by molar-refractivity contribution is 5.83. The number of nitrogens with one attached hydrogen (secondary N) is 2. The van der Waals surface area contributed by atoms with Crippen molar-refractivity contribution in [2.75, 3.05) is 26.8 Å². The lowest BCUT2D eigenvalue weighted by atomic mass is 9.78. The molecule has 0 atom stereocenters. The highest BCUT2D eigenvalue weighted by atomic mass is 19.1. The highest BCUT2D eigenvalue weighted by Crippen LogP contribution is 2.29. The van der Waals surface area contributed by atoms with E-state index in [2.05, 4.69) is 15.6 Å². The Morgan fingerprint density at radius 3 is 2.78 bits per heavy atom. The van der Waals surface area contributed by atoms with Gasteiger partial charge in [0.1, 0.15) is 11.6 Å². The Hall–Kier alpha value is -2.51. The average Bonchev–Trinajstić information content (AvgIpc) is 2.68. The summed E-state index contributed by atoms with van der Waals surface area (Å²) in [7, 11) is 1.62. The number of ether oxygens (including phenoxy) is 2. The van der Waals surface area contributed by atoms with Crippen LogP contribution in [0.15, 0.2) is 42.6 Å². The SMILES string of the molecule is COCC1(C(=O)NCc2ccc(Oc3cccc(F)c3)nc2)CCNCC1. The maximum Gasteiger partial charge on any atom is 0.228 e. The Bertz CT molecular complexity index is 756. The Morgan fingerprint density at radius 1 is 1.30 bits per heavy atom. The maximum atomic E-state index is 13.2. The van der Waals surface area contributed by atoms with E-state index < -0.39 is 5.41 Å². The summed E-state index contributed by atoms with van der Waals surface area (Å²) >= 11 is 0. The van der Waals surface area contributed by atoms with Gasteiger partial charge < -0.3 is 20.1 Å². The fourth-order valence-corrected chi connectivity index (χ4v) is 3.22. The molecule has 2 aromatic rings. The van der Waals surface area contributed by atoms with Crippen LogP contribution in [0.2, 0.25) is 0 Å². The predicted molar refractivity (Wildman–Crippen MR) is 99.0 cm³/mol. The molecule has 0 unspecified atom stereocenters. The number of hydrogen-bond acceptors (Lipinski definition) is 5. The van der Waals surface area contributed by atoms with Gasteiger partial charge >= 0.3 is 0 Å². The summed E-state index contributed by atoms with van der Waals surface area (Å²) in [4.78, 5) is 16.9. The molecule has 0 radical (unpaired) electrons. The molecule has 1 amide bonds. The van der Waals surface area contributed by atoms with Crippen molar-refractivity contribution in [3.63, 3.8) is 0 Å². The van der Waals surface area contributed by atoms with Crippen molar-refractivity contribution in [1.29, 1.82) is 0 Å². The number of nitrogens with zero attached hydrogens (tertiary/aromatic N) is 1. The molecule has 0 aliphatic carbocycles. The molecule has 0 saturated carbocycles. The molecule has 2 heterocycles. The number of amides is 1. The summed E-state index contributed by atoms with van der Waals surface area (Å²) in [5, 5.41) is 6.27. The lowest BCUT2D eigenvalue weighted by Crippen LogP contribution is -2.49. The van der Waals surface area contributed by atoms with Crippen molar-refractivity contribution in [3.05, 3.63) is 54.0 Å². The summed E-state index contributed by atoms with van der Waals surface area (Å²) in [6.45, 7) is 2.42. The molecule has 3 rings (SSSR count). The van der Waals surface area contributed by atoms with Gasteiger partial charge in [-0.25, -0.2) is 9.37 Å². The minimum Gasteiger partial charge on any atom is -0.439 e. The van der Waals surface area contributed by atoms with Crippen molar-refractivity contribution in [2.24, 2.45) is 5.41 Å². The Balaban J connectivity index is 1.57. The van der Waals surface area contributed by atoms with Gasteiger partial charge in [0.05, 0.1) is 12.0 Å². The number of methoxy groups -OCH3 is 1. The molecule has 7 heteroatoms. The number of carbonyl (C=O) groups is 1. The van der Waals surface area contributed by atoms with E-state index in [0.717, 1.165) is 31.5 Å². The topological polar surface area (TPSA) is 72.5 Å². The fourth-order valence-electron chi connectivity index (χ4n) is 3.22. The summed E-state index contributed by atoms with van der Waals surface area (Å²) < 4.78 is 24.0. The first kappa shape index (κ1) is 19.3. The van der Waals surface area contributed by atoms with E-state index in [9.17, 15) is 9.18 Å². The van der Waals surface area contributed by atoms with E-state index in [-0.39, 0.29) is 11.7 Å². The van der Waals surface area contributed by atoms with E-state index in [1.54, 1.807) is 31.5 Å². The summed E-state index contributed by atoms with van der Waals surface area (Å²) in [6.07, 6.45) is 3.15. The number of halogens is 1. The average molecular weight is 373 g/mol. The molecule has 1 fully saturated rings. The molecular weight excluding hydrogens is 349 g/mol. The molecule has 144 valence electrons. The van der Waals surface area contributed by atoms with Crippen LogP contribution in [-0.2, 0) is 16.1 Å². The second kappa shape index (κ2) is 8.92. The van der Waals surface area contributed by atoms with E-state index in [0.29, 0.717) is 24.8 Å². The smallest absolute Gasteiger partial charge is 0.228 e. The molecule has 1 aliphatic rings. The van der Waals surface area contributed by atoms with Gasteiger partial charge in [-0.15, -0.1) is 0 Å². The third-order valence-electron chi connectivity index (χ3n) is 4.73. The van der Waals surface area contributed by atoms with Gasteiger partial charge in [0.25, 0.3) is 0 Å². The van der Waals surface area contributed by atoms with E-state index in [4.69, 9.17) is 9.47 Å². The molecule has 2 N–H and O–H groups in total. The highest BCUT2D eigenvalue weighted by Gasteiger charge is 2.39. The van der Waals surface area contributed by atoms with Crippen LogP contribution in [0, 0.1) is 11.2 Å². The van der Waals surface area contributed by atoms with Crippen molar-refractivity contribution < 1.29 is 18.7 Å². The first-order valence-electron chi connectivity index (χ1n) is 8.98. The van der Waals surface area contributed by atoms with E-state index in [1.807, 2.05) is 6.07 Å². The number of pyridine rings is 1. The van der Waals surface area contributed by atoms with Gasteiger partial charge in [0, 0.05) is 32.0 Å². The summed E-state index contributed by atoms with van der Waals surface area (Å²) in [5.74, 6) is 0.390. The lowest BCUT2D eigenvalue weighted by Gasteiger charge is -2.35. The number of piperidine rings is 1. The minimum absolute atomic E-state index is 0.00550. The summed E-state index contributed by atoms with van der Waals surface area (Å²) in [6, 6.07) is 9.41. The maximum absolute atomic E-state index is 13.2. The van der Waals surface area contributed by atoms with Crippen LogP contribution in [0.1, 0.15) is 18.4 Å². The van der Waals surface area contributed by atoms with Crippen LogP contribution in [0.3, 0.4) is 0 Å². The zero-order valence-electron chi connectivity index (χ0n) is 15.3. The zero-order chi connectivity index (χ0) is 19.1. The Morgan fingerprint density at radius 2 is 2.11 bits per heavy atom. The van der Waals surface area contributed by atoms with Crippen LogP contribution in [0.25, 0.3) is 0 Å². The molecule has 1 aromatic carbocycles. The molecule has 1 saturated heterocycles. The monoisotopic (exact) mass is 373 g/mol. The van der Waals surface area contributed by atoms with Crippen LogP contribution in [0.5, 0.6) is 11.6 Å². The molecule has 1 aromatic heterocycles. The van der Waals surface area contributed by atoms with Crippen LogP contribution < -0.4 is 15.4 Å². The van der Waals surface area contributed by atoms with Crippen molar-refractivity contribution >= 4 is 5.91 Å². The lowest BCUT2D eigenvalue weighted by molar-refractivity contribution is -0.136. The summed E-state index contributed by atoms with van der Waals surface area (Å²) in [5.41, 5.74) is 0.380. The first-order chi connectivity index (χ1) is 13.1. The van der Waals surface area contributed by atoms with Crippen LogP contribution in [-0.4, -0.2) is 37.7 Å². The predicted octanol–water partition coefficient (Wildman–Crippen LogP) is 2.65. The van der Waals surface area contributed by atoms with E-state index >= 15 is 0 Å². The Labute approximate surface area is 158 Å². The molecule has 6 nitrogen and oxygen atoms in total. The van der Waals surface area contributed by atoms with Crippen molar-refractivity contribution in [3.8, 4) is 11.6 Å². The van der Waals surface area contributed by atoms with Gasteiger partial charge in [0.15, 0.2) is 0 Å². The fraction of sp³-hybridized carbons (Fsp3) is 0.400. The standard InChI is InChI=1S/C20H24FN3O3/c1-26-14-20(7-9-22-10-8-20)19(25)24-13-15-5-6-18(23-12-15)27-17-4-2-3-16(21)11-17/h2-6,11-12,22H,7-10,13-14H2,1H3,(H,24,25). The van der Waals surface area contributed by atoms with Gasteiger partial charge in [-0.05, 0) is 43.6 Å². The minimum atomic E-state index is -0.478. The third-order valence-corrected chi connectivity index (χ3v) is 4.73. The second-order valence-corrected chi connectivity index (χ2v) is 6.71. The van der Waals surface area contributed by atoms with Gasteiger partial charge in [-0.1, -0.05) is 12.1 Å². The van der Waals surface area contributed by atoms with Gasteiger partial charge in [-0.3, -0.25) is 4.79 Å². The molecule has 0 bridgehead atoms. The van der Waals surface area contributed by atoms with Crippen molar-refractivity contribution in [2.45, 2.75) is 19.4 Å². The third kappa shape index (κ3) is 5.02. The molecular formula is C20H24FN3O3. The Kier molecular flexibility index (Phi) is 6.36. The first-order valence-corrected chi connectivity index (χ1v) is 8.98. The number of carbonyl (C=O) groups excluding carboxylic acids is 1. The van der Waals surface area contributed by atoms with E-state index in [1.165, 1.54) is 12.1 Å². The second-order valence-electron chi connectivity index (χ2n) is 6.71. The molecule has 27 heavy (non-hydrogen) atoms. The van der Waals surface area contributed by atoms with Gasteiger partial charge in [-0.2, -0.15) is 0 Å². The number of aromatic nitrogens is 1. The normalized spacial score (nSPS) is 15.9. The van der Waals surface area contributed by atoms with Gasteiger partial charge in [0.2, 0.25) is 11.8 Å². The number of rotatable bonds is 7. The van der Waals surface area contributed by atoms with Crippen LogP contribution in [0.4, 0.5) is 4.39 Å².